The van der Waals surface area contributed by atoms with E-state index in [0.29, 0.717) is 12.4 Å². The second kappa shape index (κ2) is 12.6. The molecule has 6 nitrogen and oxygen atoms in total. The molecule has 2 saturated heterocycles. The monoisotopic (exact) mass is 502 g/mol. The molecule has 0 N–H and O–H groups in total. The molecule has 7 heteroatoms. The number of piperidine rings is 2. The molecule has 0 aromatic heterocycles. The maximum Gasteiger partial charge on any atom is 0.165 e. The van der Waals surface area contributed by atoms with Crippen molar-refractivity contribution in [3.8, 4) is 23.5 Å². The molecule has 0 atom stereocenters. The summed E-state index contributed by atoms with van der Waals surface area (Å²) in [6.45, 7) is 5.73. The van der Waals surface area contributed by atoms with Gasteiger partial charge in [-0.05, 0) is 68.2 Å². The van der Waals surface area contributed by atoms with Gasteiger partial charge in [-0.2, -0.15) is 5.01 Å². The number of likely N-dealkylation sites (tertiary alicyclic amines) is 2. The summed E-state index contributed by atoms with van der Waals surface area (Å²) >= 11 is 0. The third-order valence-corrected chi connectivity index (χ3v) is 7.00. The van der Waals surface area contributed by atoms with E-state index < -0.39 is 0 Å². The number of amidine groups is 1. The van der Waals surface area contributed by atoms with Crippen LogP contribution in [0.15, 0.2) is 65.9 Å². The van der Waals surface area contributed by atoms with Gasteiger partial charge in [-0.1, -0.05) is 24.6 Å². The molecule has 0 unspecified atom stereocenters. The van der Waals surface area contributed by atoms with Gasteiger partial charge in [0.05, 0.1) is 0 Å². The minimum Gasteiger partial charge on any atom is -0.492 e. The summed E-state index contributed by atoms with van der Waals surface area (Å²) in [5.74, 6) is 5.09. The Bertz CT molecular complexity index is 1140. The van der Waals surface area contributed by atoms with Gasteiger partial charge in [-0.3, -0.25) is 4.90 Å². The van der Waals surface area contributed by atoms with E-state index in [9.17, 15) is 4.39 Å². The van der Waals surface area contributed by atoms with Crippen molar-refractivity contribution in [2.45, 2.75) is 44.6 Å². The Balaban J connectivity index is 1.09. The minimum atomic E-state index is -0.309. The van der Waals surface area contributed by atoms with E-state index in [1.54, 1.807) is 23.2 Å². The van der Waals surface area contributed by atoms with Crippen molar-refractivity contribution >= 4 is 5.84 Å². The molecule has 3 heterocycles. The molecule has 0 bridgehead atoms. The molecule has 0 radical (unpaired) electrons. The van der Waals surface area contributed by atoms with Crippen LogP contribution in [0.25, 0.3) is 0 Å². The summed E-state index contributed by atoms with van der Waals surface area (Å²) in [5, 5.41) is 6.42. The van der Waals surface area contributed by atoms with Gasteiger partial charge < -0.3 is 14.4 Å². The number of hydrogen-bond donors (Lipinski definition) is 0. The maximum absolute atomic E-state index is 13.9. The topological polar surface area (TPSA) is 40.5 Å². The van der Waals surface area contributed by atoms with Gasteiger partial charge in [-0.15, -0.1) is 5.10 Å². The minimum absolute atomic E-state index is 0.0143. The van der Waals surface area contributed by atoms with Crippen LogP contribution in [0.4, 0.5) is 4.39 Å². The Morgan fingerprint density at radius 1 is 0.946 bits per heavy atom. The lowest BCUT2D eigenvalue weighted by atomic mass is 10.1. The van der Waals surface area contributed by atoms with Crippen LogP contribution < -0.4 is 9.47 Å². The first kappa shape index (κ1) is 25.2. The highest BCUT2D eigenvalue weighted by atomic mass is 19.1. The SMILES string of the molecule is Fc1ccccc1OC1CCN(C2=NN(C#Cc3ccc(OCCN4CCCCC4)cc3)C=CC2)CC1. The van der Waals surface area contributed by atoms with Gasteiger partial charge in [0.2, 0.25) is 0 Å². The second-order valence-corrected chi connectivity index (χ2v) is 9.70. The fraction of sp³-hybridized carbons (Fsp3) is 0.433. The number of halogens is 1. The third kappa shape index (κ3) is 7.27. The zero-order valence-electron chi connectivity index (χ0n) is 21.3. The zero-order valence-corrected chi connectivity index (χ0v) is 21.3. The molecule has 0 saturated carbocycles. The van der Waals surface area contributed by atoms with Gasteiger partial charge in [0.1, 0.15) is 24.3 Å². The van der Waals surface area contributed by atoms with Crippen molar-refractivity contribution in [2.75, 3.05) is 39.3 Å². The molecule has 0 amide bonds. The highest BCUT2D eigenvalue weighted by Crippen LogP contribution is 2.23. The Morgan fingerprint density at radius 3 is 2.51 bits per heavy atom. The van der Waals surface area contributed by atoms with Crippen molar-refractivity contribution in [1.29, 1.82) is 0 Å². The van der Waals surface area contributed by atoms with Crippen molar-refractivity contribution in [3.05, 3.63) is 72.2 Å². The van der Waals surface area contributed by atoms with Crippen molar-refractivity contribution in [2.24, 2.45) is 5.10 Å². The van der Waals surface area contributed by atoms with Gasteiger partial charge in [0.25, 0.3) is 0 Å². The number of hydrogen-bond acceptors (Lipinski definition) is 6. The van der Waals surface area contributed by atoms with Crippen LogP contribution in [0, 0.1) is 17.8 Å². The van der Waals surface area contributed by atoms with E-state index in [0.717, 1.165) is 56.0 Å². The molecule has 2 aromatic rings. The van der Waals surface area contributed by atoms with Crippen molar-refractivity contribution < 1.29 is 13.9 Å². The van der Waals surface area contributed by atoms with E-state index in [1.165, 1.54) is 38.4 Å². The summed E-state index contributed by atoms with van der Waals surface area (Å²) in [5.41, 5.74) is 0.921. The van der Waals surface area contributed by atoms with Crippen LogP contribution in [0.1, 0.15) is 44.1 Å². The molecule has 2 fully saturated rings. The summed E-state index contributed by atoms with van der Waals surface area (Å²) in [7, 11) is 0. The number of benzene rings is 2. The van der Waals surface area contributed by atoms with E-state index in [2.05, 4.69) is 27.8 Å². The third-order valence-electron chi connectivity index (χ3n) is 7.00. The van der Waals surface area contributed by atoms with Crippen LogP contribution >= 0.6 is 0 Å². The fourth-order valence-electron chi connectivity index (χ4n) is 4.89. The summed E-state index contributed by atoms with van der Waals surface area (Å²) in [6.07, 6.45) is 10.4. The lowest BCUT2D eigenvalue weighted by Gasteiger charge is -2.35. The molecule has 194 valence electrons. The smallest absolute Gasteiger partial charge is 0.165 e. The molecular formula is C30H35FN4O2. The first-order valence-corrected chi connectivity index (χ1v) is 13.4. The Labute approximate surface area is 219 Å². The fourth-order valence-corrected chi connectivity index (χ4v) is 4.89. The van der Waals surface area contributed by atoms with Crippen LogP contribution in [0.3, 0.4) is 0 Å². The quantitative estimate of drug-likeness (QED) is 0.516. The highest BCUT2D eigenvalue weighted by molar-refractivity contribution is 5.84. The average molecular weight is 503 g/mol. The van der Waals surface area contributed by atoms with Crippen LogP contribution in [-0.2, 0) is 0 Å². The molecule has 3 aliphatic rings. The molecule has 2 aromatic carbocycles. The summed E-state index contributed by atoms with van der Waals surface area (Å²) < 4.78 is 25.7. The first-order valence-electron chi connectivity index (χ1n) is 13.4. The largest absolute Gasteiger partial charge is 0.492 e. The average Bonchev–Trinajstić information content (AvgIpc) is 2.95. The molecule has 5 rings (SSSR count). The summed E-state index contributed by atoms with van der Waals surface area (Å²) in [6, 6.07) is 17.7. The van der Waals surface area contributed by atoms with E-state index in [-0.39, 0.29) is 11.9 Å². The maximum atomic E-state index is 13.9. The van der Waals surface area contributed by atoms with Crippen LogP contribution in [0.5, 0.6) is 11.5 Å². The van der Waals surface area contributed by atoms with Crippen LogP contribution in [-0.4, -0.2) is 66.1 Å². The standard InChI is InChI=1S/C30H35FN4O2/c31-28-7-2-3-8-29(28)37-27-15-20-34(21-16-27)30-9-6-19-35(32-30)22-14-25-10-12-26(13-11-25)36-24-23-33-17-4-1-5-18-33/h2-3,6-8,10-13,19,27H,1,4-5,9,15-18,20-21,23-24H2. The Kier molecular flexibility index (Phi) is 8.60. The van der Waals surface area contributed by atoms with Crippen molar-refractivity contribution in [3.63, 3.8) is 0 Å². The lowest BCUT2D eigenvalue weighted by Crippen LogP contribution is -2.42. The van der Waals surface area contributed by atoms with Gasteiger partial charge >= 0.3 is 0 Å². The zero-order chi connectivity index (χ0) is 25.3. The van der Waals surface area contributed by atoms with Gasteiger partial charge in [0, 0.05) is 56.7 Å². The van der Waals surface area contributed by atoms with Gasteiger partial charge in [0.15, 0.2) is 11.6 Å². The van der Waals surface area contributed by atoms with Crippen molar-refractivity contribution in [1.82, 2.24) is 14.8 Å². The predicted molar refractivity (Wildman–Crippen MR) is 144 cm³/mol. The Morgan fingerprint density at radius 2 is 1.73 bits per heavy atom. The van der Waals surface area contributed by atoms with E-state index >= 15 is 0 Å². The van der Waals surface area contributed by atoms with Gasteiger partial charge in [-0.25, -0.2) is 4.39 Å². The highest BCUT2D eigenvalue weighted by Gasteiger charge is 2.24. The number of para-hydroxylation sites is 1. The number of rotatable bonds is 6. The summed E-state index contributed by atoms with van der Waals surface area (Å²) in [4.78, 5) is 4.75. The molecule has 0 aliphatic carbocycles. The molecule has 3 aliphatic heterocycles. The first-order chi connectivity index (χ1) is 18.2. The number of nitrogens with zero attached hydrogens (tertiary/aromatic N) is 4. The predicted octanol–water partition coefficient (Wildman–Crippen LogP) is 5.08. The van der Waals surface area contributed by atoms with E-state index in [4.69, 9.17) is 14.6 Å². The molecule has 0 spiro atoms. The Hall–Kier alpha value is -3.50. The van der Waals surface area contributed by atoms with E-state index in [1.807, 2.05) is 30.5 Å². The lowest BCUT2D eigenvalue weighted by molar-refractivity contribution is 0.125. The van der Waals surface area contributed by atoms with Crippen LogP contribution in [0.2, 0.25) is 0 Å². The number of hydrazone groups is 1. The molecular weight excluding hydrogens is 467 g/mol. The second-order valence-electron chi connectivity index (χ2n) is 9.70. The normalized spacial score (nSPS) is 18.7. The number of ether oxygens (including phenoxy) is 2. The molecule has 37 heavy (non-hydrogen) atoms.